The molecule has 0 spiro atoms. The second kappa shape index (κ2) is 10.9. The Hall–Kier alpha value is -5.74. The molecule has 0 saturated heterocycles. The van der Waals surface area contributed by atoms with Gasteiger partial charge in [-0.2, -0.15) is 0 Å². The fraction of sp³-hybridized carbons (Fsp3) is 0.0256. The van der Waals surface area contributed by atoms with Gasteiger partial charge in [0.05, 0.1) is 16.8 Å². The molecule has 1 aliphatic rings. The minimum Gasteiger partial charge on any atom is -0.507 e. The van der Waals surface area contributed by atoms with Gasteiger partial charge < -0.3 is 10.2 Å². The van der Waals surface area contributed by atoms with Crippen LogP contribution in [0.25, 0.3) is 11.1 Å². The summed E-state index contributed by atoms with van der Waals surface area (Å²) in [7, 11) is 0. The average molecular weight is 557 g/mol. The van der Waals surface area contributed by atoms with Crippen LogP contribution < -0.4 is 0 Å². The lowest BCUT2D eigenvalue weighted by Crippen LogP contribution is -2.28. The van der Waals surface area contributed by atoms with E-state index in [1.165, 1.54) is 22.3 Å². The van der Waals surface area contributed by atoms with E-state index in [0.717, 1.165) is 22.5 Å². The number of hydrogen-bond donors (Lipinski definition) is 2. The Labute approximate surface area is 250 Å². The summed E-state index contributed by atoms with van der Waals surface area (Å²) in [5, 5.41) is 20.3. The van der Waals surface area contributed by atoms with Gasteiger partial charge in [-0.15, -0.1) is 0 Å². The molecule has 2 N–H and O–H groups in total. The number of para-hydroxylation sites is 2. The lowest BCUT2D eigenvalue weighted by molar-refractivity contribution is 0.474. The van der Waals surface area contributed by atoms with Gasteiger partial charge >= 0.3 is 0 Å². The first kappa shape index (κ1) is 26.2. The van der Waals surface area contributed by atoms with E-state index in [-0.39, 0.29) is 11.5 Å². The fourth-order valence-corrected chi connectivity index (χ4v) is 6.10. The third kappa shape index (κ3) is 4.59. The van der Waals surface area contributed by atoms with Crippen LogP contribution in [-0.4, -0.2) is 22.6 Å². The van der Waals surface area contributed by atoms with E-state index in [9.17, 15) is 10.2 Å². The Morgan fingerprint density at radius 3 is 1.21 bits per heavy atom. The van der Waals surface area contributed by atoms with Crippen molar-refractivity contribution < 1.29 is 10.2 Å². The molecule has 6 aromatic rings. The molecule has 0 saturated carbocycles. The van der Waals surface area contributed by atoms with Crippen molar-refractivity contribution in [2.24, 2.45) is 9.98 Å². The topological polar surface area (TPSA) is 65.2 Å². The van der Waals surface area contributed by atoms with Crippen LogP contribution in [-0.2, 0) is 5.41 Å². The number of nitrogens with zero attached hydrogens (tertiary/aromatic N) is 2. The quantitative estimate of drug-likeness (QED) is 0.201. The van der Waals surface area contributed by atoms with Crippen molar-refractivity contribution in [3.05, 3.63) is 179 Å². The monoisotopic (exact) mass is 556 g/mol. The van der Waals surface area contributed by atoms with Crippen molar-refractivity contribution in [3.8, 4) is 22.6 Å². The lowest BCUT2D eigenvalue weighted by Gasteiger charge is -2.34. The standard InChI is InChI=1S/C39H28N2O2/c42-37-15-7-1-9-27(37)25-40-31-21-17-29(18-22-31)39(35-13-5-3-11-33(35)34-12-4-6-14-36(34)39)30-19-23-32(24-20-30)41-26-28-10-2-8-16-38(28)43/h1-26,42-43H. The predicted molar refractivity (Wildman–Crippen MR) is 174 cm³/mol. The molecule has 0 bridgehead atoms. The Balaban J connectivity index is 1.33. The highest BCUT2D eigenvalue weighted by atomic mass is 16.3. The van der Waals surface area contributed by atoms with Crippen LogP contribution in [0.4, 0.5) is 11.4 Å². The van der Waals surface area contributed by atoms with Crippen LogP contribution in [0.15, 0.2) is 156 Å². The number of phenolic OH excluding ortho intramolecular Hbond substituents is 2. The van der Waals surface area contributed by atoms with Crippen LogP contribution >= 0.6 is 0 Å². The number of aromatic hydroxyl groups is 2. The molecule has 0 heterocycles. The van der Waals surface area contributed by atoms with Crippen LogP contribution in [0.3, 0.4) is 0 Å². The third-order valence-corrected chi connectivity index (χ3v) is 8.13. The van der Waals surface area contributed by atoms with Crippen molar-refractivity contribution in [2.75, 3.05) is 0 Å². The highest BCUT2D eigenvalue weighted by Gasteiger charge is 2.45. The summed E-state index contributed by atoms with van der Waals surface area (Å²) in [6.07, 6.45) is 3.38. The van der Waals surface area contributed by atoms with Crippen LogP contribution in [0, 0.1) is 0 Å². The maximum atomic E-state index is 10.1. The smallest absolute Gasteiger partial charge is 0.124 e. The number of fused-ring (bicyclic) bond motifs is 3. The second-order valence-corrected chi connectivity index (χ2v) is 10.6. The summed E-state index contributed by atoms with van der Waals surface area (Å²) in [5.74, 6) is 0.406. The molecule has 0 unspecified atom stereocenters. The predicted octanol–water partition coefficient (Wildman–Crippen LogP) is 8.96. The van der Waals surface area contributed by atoms with Crippen molar-refractivity contribution in [1.29, 1.82) is 0 Å². The highest BCUT2D eigenvalue weighted by Crippen LogP contribution is 2.56. The first-order valence-corrected chi connectivity index (χ1v) is 14.2. The number of aliphatic imine (C=N–C) groups is 2. The van der Waals surface area contributed by atoms with E-state index in [1.54, 1.807) is 36.7 Å². The molecule has 0 amide bonds. The number of phenols is 2. The molecule has 0 fully saturated rings. The molecule has 1 aliphatic carbocycles. The Morgan fingerprint density at radius 1 is 0.419 bits per heavy atom. The largest absolute Gasteiger partial charge is 0.507 e. The normalized spacial score (nSPS) is 13.3. The van der Waals surface area contributed by atoms with Crippen molar-refractivity contribution in [1.82, 2.24) is 0 Å². The molecule has 206 valence electrons. The first-order valence-electron chi connectivity index (χ1n) is 14.2. The molecular formula is C39H28N2O2. The minimum absolute atomic E-state index is 0.203. The van der Waals surface area contributed by atoms with Gasteiger partial charge in [0.15, 0.2) is 0 Å². The summed E-state index contributed by atoms with van der Waals surface area (Å²) in [6.45, 7) is 0. The Kier molecular flexibility index (Phi) is 6.65. The van der Waals surface area contributed by atoms with Crippen molar-refractivity contribution >= 4 is 23.8 Å². The molecule has 0 aromatic heterocycles. The van der Waals surface area contributed by atoms with Crippen LogP contribution in [0.5, 0.6) is 11.5 Å². The molecule has 0 aliphatic heterocycles. The molecule has 6 aromatic carbocycles. The van der Waals surface area contributed by atoms with Gasteiger partial charge in [-0.25, -0.2) is 0 Å². The zero-order valence-corrected chi connectivity index (χ0v) is 23.3. The first-order chi connectivity index (χ1) is 21.1. The summed E-state index contributed by atoms with van der Waals surface area (Å²) < 4.78 is 0. The molecular weight excluding hydrogens is 528 g/mol. The van der Waals surface area contributed by atoms with Crippen molar-refractivity contribution in [2.45, 2.75) is 5.41 Å². The highest BCUT2D eigenvalue weighted by molar-refractivity contribution is 5.88. The number of hydrogen-bond acceptors (Lipinski definition) is 4. The number of rotatable bonds is 6. The molecule has 4 heteroatoms. The number of benzene rings is 6. The maximum Gasteiger partial charge on any atom is 0.124 e. The molecule has 0 radical (unpaired) electrons. The summed E-state index contributed by atoms with van der Waals surface area (Å²) in [6, 6.07) is 48.3. The van der Waals surface area contributed by atoms with E-state index in [1.807, 2.05) is 48.5 Å². The van der Waals surface area contributed by atoms with Gasteiger partial charge in [0, 0.05) is 23.6 Å². The summed E-state index contributed by atoms with van der Waals surface area (Å²) >= 11 is 0. The summed E-state index contributed by atoms with van der Waals surface area (Å²) in [5.41, 5.74) is 9.59. The van der Waals surface area contributed by atoms with Crippen molar-refractivity contribution in [3.63, 3.8) is 0 Å². The third-order valence-electron chi connectivity index (χ3n) is 8.13. The molecule has 43 heavy (non-hydrogen) atoms. The fourth-order valence-electron chi connectivity index (χ4n) is 6.10. The van der Waals surface area contributed by atoms with E-state index < -0.39 is 5.41 Å². The van der Waals surface area contributed by atoms with E-state index in [4.69, 9.17) is 0 Å². The second-order valence-electron chi connectivity index (χ2n) is 10.6. The van der Waals surface area contributed by atoms with Gasteiger partial charge in [-0.1, -0.05) is 97.1 Å². The summed E-state index contributed by atoms with van der Waals surface area (Å²) in [4.78, 5) is 9.27. The minimum atomic E-state index is -0.535. The van der Waals surface area contributed by atoms with E-state index in [2.05, 4.69) is 82.8 Å². The zero-order valence-electron chi connectivity index (χ0n) is 23.3. The van der Waals surface area contributed by atoms with E-state index >= 15 is 0 Å². The van der Waals surface area contributed by atoms with Crippen LogP contribution in [0.1, 0.15) is 33.4 Å². The van der Waals surface area contributed by atoms with E-state index in [0.29, 0.717) is 11.1 Å². The molecule has 4 nitrogen and oxygen atoms in total. The molecule has 0 atom stereocenters. The maximum absolute atomic E-state index is 10.1. The van der Waals surface area contributed by atoms with Gasteiger partial charge in [0.2, 0.25) is 0 Å². The SMILES string of the molecule is Oc1ccccc1C=Nc1ccc(C2(c3ccc(N=Cc4ccccc4O)cc3)c3ccccc3-c3ccccc32)cc1. The molecule has 7 rings (SSSR count). The Morgan fingerprint density at radius 2 is 0.791 bits per heavy atom. The lowest BCUT2D eigenvalue weighted by atomic mass is 9.67. The zero-order chi connectivity index (χ0) is 29.2. The van der Waals surface area contributed by atoms with Gasteiger partial charge in [-0.3, -0.25) is 9.98 Å². The average Bonchev–Trinajstić information content (AvgIpc) is 3.36. The van der Waals surface area contributed by atoms with Gasteiger partial charge in [-0.05, 0) is 81.9 Å². The Bertz CT molecular complexity index is 1840. The van der Waals surface area contributed by atoms with Crippen LogP contribution in [0.2, 0.25) is 0 Å². The van der Waals surface area contributed by atoms with Gasteiger partial charge in [0.1, 0.15) is 11.5 Å². The van der Waals surface area contributed by atoms with Gasteiger partial charge in [0.25, 0.3) is 0 Å².